The SMILES string of the molecule is CC(C)C[C@H](NC(=O)OCc1ccccc1)C(=O)N[C@@H](CC(C)C)C(=O)C1=NN(CC(=O)OC(C)(C)C)C(O)O1. The van der Waals surface area contributed by atoms with Crippen molar-refractivity contribution in [1.29, 1.82) is 0 Å². The highest BCUT2D eigenvalue weighted by Crippen LogP contribution is 2.17. The average Bonchev–Trinajstić information content (AvgIpc) is 3.20. The second-order valence-corrected chi connectivity index (χ2v) is 11.5. The Morgan fingerprint density at radius 2 is 1.60 bits per heavy atom. The lowest BCUT2D eigenvalue weighted by Gasteiger charge is -2.24. The van der Waals surface area contributed by atoms with Gasteiger partial charge in [-0.2, -0.15) is 0 Å². The number of ether oxygens (including phenoxy) is 3. The van der Waals surface area contributed by atoms with E-state index in [1.54, 1.807) is 20.8 Å². The van der Waals surface area contributed by atoms with Crippen LogP contribution in [0.2, 0.25) is 0 Å². The number of aliphatic hydroxyl groups is 1. The number of benzene rings is 1. The third-order valence-electron chi connectivity index (χ3n) is 5.48. The van der Waals surface area contributed by atoms with Crippen LogP contribution in [0.25, 0.3) is 0 Å². The number of rotatable bonds is 13. The third kappa shape index (κ3) is 11.2. The van der Waals surface area contributed by atoms with Crippen molar-refractivity contribution in [3.8, 4) is 0 Å². The number of hydrogen-bond donors (Lipinski definition) is 3. The topological polar surface area (TPSA) is 156 Å². The van der Waals surface area contributed by atoms with Crippen molar-refractivity contribution in [2.75, 3.05) is 6.54 Å². The van der Waals surface area contributed by atoms with Crippen molar-refractivity contribution in [3.63, 3.8) is 0 Å². The Balaban J connectivity index is 2.10. The van der Waals surface area contributed by atoms with Gasteiger partial charge in [0.2, 0.25) is 11.7 Å². The number of carbonyl (C=O) groups excluding carboxylic acids is 4. The minimum atomic E-state index is -1.67. The summed E-state index contributed by atoms with van der Waals surface area (Å²) in [4.78, 5) is 51.2. The van der Waals surface area contributed by atoms with Crippen LogP contribution in [0.15, 0.2) is 35.4 Å². The first-order chi connectivity index (χ1) is 18.6. The summed E-state index contributed by atoms with van der Waals surface area (Å²) in [5.41, 5.74) is 0.0527. The van der Waals surface area contributed by atoms with Crippen LogP contribution >= 0.6 is 0 Å². The molecule has 1 aromatic carbocycles. The quantitative estimate of drug-likeness (QED) is 0.308. The molecule has 1 aliphatic heterocycles. The molecule has 2 amide bonds. The highest BCUT2D eigenvalue weighted by atomic mass is 16.7. The fourth-order valence-electron chi connectivity index (χ4n) is 3.81. The van der Waals surface area contributed by atoms with E-state index in [0.29, 0.717) is 6.42 Å². The standard InChI is InChI=1S/C28H42N4O8/c1-17(2)13-20(23(34)25-31-32(27(37)39-25)15-22(33)40-28(5,6)7)29-24(35)21(14-18(3)4)30-26(36)38-16-19-11-9-8-10-12-19/h8-12,17-18,20-21,27,37H,13-16H2,1-7H3,(H,29,35)(H,30,36)/t20-,21-,27?/m0/s1. The largest absolute Gasteiger partial charge is 0.459 e. The smallest absolute Gasteiger partial charge is 0.408 e. The molecule has 0 spiro atoms. The summed E-state index contributed by atoms with van der Waals surface area (Å²) in [6.07, 6.45) is -1.89. The number of hydrogen-bond acceptors (Lipinski definition) is 10. The molecule has 1 heterocycles. The number of amides is 2. The van der Waals surface area contributed by atoms with E-state index >= 15 is 0 Å². The van der Waals surface area contributed by atoms with Crippen molar-refractivity contribution in [3.05, 3.63) is 35.9 Å². The van der Waals surface area contributed by atoms with Crippen molar-refractivity contribution in [2.45, 2.75) is 92.0 Å². The van der Waals surface area contributed by atoms with Crippen LogP contribution in [0.3, 0.4) is 0 Å². The zero-order chi connectivity index (χ0) is 30.0. The zero-order valence-electron chi connectivity index (χ0n) is 24.3. The van der Waals surface area contributed by atoms with Gasteiger partial charge < -0.3 is 30.0 Å². The first-order valence-electron chi connectivity index (χ1n) is 13.4. The fraction of sp³-hybridized carbons (Fsp3) is 0.607. The summed E-state index contributed by atoms with van der Waals surface area (Å²) >= 11 is 0. The van der Waals surface area contributed by atoms with Crippen LogP contribution < -0.4 is 10.6 Å². The first kappa shape index (κ1) is 32.5. The van der Waals surface area contributed by atoms with Gasteiger partial charge in [-0.05, 0) is 51.0 Å². The maximum absolute atomic E-state index is 13.3. The molecule has 0 bridgehead atoms. The van der Waals surface area contributed by atoms with E-state index in [-0.39, 0.29) is 24.9 Å². The molecule has 0 radical (unpaired) electrons. The lowest BCUT2D eigenvalue weighted by atomic mass is 9.98. The molecule has 3 atom stereocenters. The lowest BCUT2D eigenvalue weighted by molar-refractivity contribution is -0.167. The van der Waals surface area contributed by atoms with Gasteiger partial charge >= 0.3 is 12.1 Å². The number of ketones is 1. The molecule has 0 fully saturated rings. The van der Waals surface area contributed by atoms with Gasteiger partial charge in [0.15, 0.2) is 0 Å². The summed E-state index contributed by atoms with van der Waals surface area (Å²) in [7, 11) is 0. The van der Waals surface area contributed by atoms with E-state index in [4.69, 9.17) is 14.2 Å². The van der Waals surface area contributed by atoms with Crippen LogP contribution in [-0.2, 0) is 35.2 Å². The Labute approximate surface area is 235 Å². The van der Waals surface area contributed by atoms with Gasteiger partial charge in [-0.3, -0.25) is 14.4 Å². The van der Waals surface area contributed by atoms with Gasteiger partial charge in [-0.25, -0.2) is 9.80 Å². The van der Waals surface area contributed by atoms with Gasteiger partial charge in [0.05, 0.1) is 6.04 Å². The molecule has 3 N–H and O–H groups in total. The second kappa shape index (κ2) is 14.6. The highest BCUT2D eigenvalue weighted by molar-refractivity contribution is 6.38. The minimum Gasteiger partial charge on any atom is -0.459 e. The Morgan fingerprint density at radius 1 is 1.00 bits per heavy atom. The van der Waals surface area contributed by atoms with Crippen molar-refractivity contribution >= 4 is 29.7 Å². The Bertz CT molecular complexity index is 1050. The van der Waals surface area contributed by atoms with E-state index in [2.05, 4.69) is 15.7 Å². The molecular weight excluding hydrogens is 520 g/mol. The van der Waals surface area contributed by atoms with E-state index in [1.807, 2.05) is 58.0 Å². The maximum atomic E-state index is 13.3. The van der Waals surface area contributed by atoms with Gasteiger partial charge in [0.25, 0.3) is 12.3 Å². The van der Waals surface area contributed by atoms with Gasteiger partial charge in [0, 0.05) is 0 Å². The van der Waals surface area contributed by atoms with Crippen LogP contribution in [0.1, 0.15) is 66.9 Å². The number of esters is 1. The van der Waals surface area contributed by atoms with Crippen LogP contribution in [0.5, 0.6) is 0 Å². The molecule has 1 aliphatic rings. The number of nitrogens with one attached hydrogen (secondary N) is 2. The second-order valence-electron chi connectivity index (χ2n) is 11.5. The molecule has 12 nitrogen and oxygen atoms in total. The van der Waals surface area contributed by atoms with E-state index < -0.39 is 60.3 Å². The number of aliphatic hydroxyl groups excluding tert-OH is 1. The summed E-state index contributed by atoms with van der Waals surface area (Å²) in [6.45, 7) is 12.2. The molecule has 40 heavy (non-hydrogen) atoms. The molecular formula is C28H42N4O8. The molecule has 222 valence electrons. The number of alkyl carbamates (subject to hydrolysis) is 1. The third-order valence-corrected chi connectivity index (χ3v) is 5.48. The predicted molar refractivity (Wildman–Crippen MR) is 146 cm³/mol. The number of hydrazone groups is 1. The van der Waals surface area contributed by atoms with Crippen molar-refractivity contribution in [1.82, 2.24) is 15.6 Å². The van der Waals surface area contributed by atoms with Crippen LogP contribution in [-0.4, -0.2) is 70.4 Å². The molecule has 12 heteroatoms. The van der Waals surface area contributed by atoms with Crippen molar-refractivity contribution in [2.24, 2.45) is 16.9 Å². The molecule has 0 aromatic heterocycles. The van der Waals surface area contributed by atoms with Gasteiger partial charge in [-0.1, -0.05) is 58.0 Å². The summed E-state index contributed by atoms with van der Waals surface area (Å²) < 4.78 is 15.7. The molecule has 0 saturated carbocycles. The molecule has 1 unspecified atom stereocenters. The molecule has 0 saturated heterocycles. The molecule has 2 rings (SSSR count). The van der Waals surface area contributed by atoms with Crippen LogP contribution in [0.4, 0.5) is 4.79 Å². The van der Waals surface area contributed by atoms with Gasteiger partial charge in [-0.15, -0.1) is 5.10 Å². The fourth-order valence-corrected chi connectivity index (χ4v) is 3.81. The molecule has 0 aliphatic carbocycles. The van der Waals surface area contributed by atoms with Crippen LogP contribution in [0, 0.1) is 11.8 Å². The highest BCUT2D eigenvalue weighted by Gasteiger charge is 2.37. The van der Waals surface area contributed by atoms with E-state index in [9.17, 15) is 24.3 Å². The van der Waals surface area contributed by atoms with E-state index in [1.165, 1.54) is 0 Å². The predicted octanol–water partition coefficient (Wildman–Crippen LogP) is 2.69. The normalized spacial score (nSPS) is 16.6. The van der Waals surface area contributed by atoms with E-state index in [0.717, 1.165) is 10.6 Å². The Kier molecular flexibility index (Phi) is 11.9. The monoisotopic (exact) mass is 562 g/mol. The maximum Gasteiger partial charge on any atom is 0.408 e. The average molecular weight is 563 g/mol. The zero-order valence-corrected chi connectivity index (χ0v) is 24.3. The Hall–Kier alpha value is -3.67. The Morgan fingerprint density at radius 3 is 2.17 bits per heavy atom. The lowest BCUT2D eigenvalue weighted by Crippen LogP contribution is -2.53. The summed E-state index contributed by atoms with van der Waals surface area (Å²) in [5.74, 6) is -2.33. The first-order valence-corrected chi connectivity index (χ1v) is 13.4. The number of Topliss-reactive ketones (excluding diaryl/α,β-unsaturated/α-hetero) is 1. The van der Waals surface area contributed by atoms with Gasteiger partial charge in [0.1, 0.15) is 24.8 Å². The number of nitrogens with zero attached hydrogens (tertiary/aromatic N) is 2. The van der Waals surface area contributed by atoms with Crippen molar-refractivity contribution < 1.29 is 38.5 Å². The molecule has 1 aromatic rings. The summed E-state index contributed by atoms with van der Waals surface area (Å²) in [5, 5.41) is 20.3. The number of carbonyl (C=O) groups is 4. The summed E-state index contributed by atoms with van der Waals surface area (Å²) in [6, 6.07) is 7.10. The minimum absolute atomic E-state index is 0.00797.